The average molecular weight is 426 g/mol. The summed E-state index contributed by atoms with van der Waals surface area (Å²) in [5.41, 5.74) is 2.03. The molecule has 0 atom stereocenters. The number of alkyl halides is 2. The molecule has 0 spiro atoms. The van der Waals surface area contributed by atoms with E-state index < -0.39 is 12.5 Å². The van der Waals surface area contributed by atoms with Crippen LogP contribution in [0.1, 0.15) is 20.7 Å². The Balaban J connectivity index is 1.44. The molecule has 2 heterocycles. The van der Waals surface area contributed by atoms with Crippen molar-refractivity contribution in [3.63, 3.8) is 0 Å². The van der Waals surface area contributed by atoms with Gasteiger partial charge in [-0.3, -0.25) is 14.7 Å². The van der Waals surface area contributed by atoms with Crippen molar-refractivity contribution in [1.29, 1.82) is 0 Å². The number of aromatic amines is 1. The minimum absolute atomic E-state index is 0.0729. The number of benzene rings is 2. The topological polar surface area (TPSA) is 78.5 Å². The van der Waals surface area contributed by atoms with Crippen LogP contribution < -0.4 is 4.74 Å². The largest absolute Gasteiger partial charge is 0.434 e. The zero-order valence-electron chi connectivity index (χ0n) is 16.5. The number of para-hydroxylation sites is 1. The smallest absolute Gasteiger partial charge is 0.387 e. The number of hydrogen-bond donors (Lipinski definition) is 1. The Morgan fingerprint density at radius 1 is 0.871 bits per heavy atom. The van der Waals surface area contributed by atoms with Gasteiger partial charge in [-0.1, -0.05) is 42.5 Å². The van der Waals surface area contributed by atoms with E-state index in [1.807, 2.05) is 30.3 Å². The summed E-state index contributed by atoms with van der Waals surface area (Å²) in [6.45, 7) is -1.81. The maximum atomic E-state index is 13.0. The second-order valence-electron chi connectivity index (χ2n) is 6.98. The van der Waals surface area contributed by atoms with Gasteiger partial charge in [0, 0.05) is 31.7 Å². The Morgan fingerprint density at radius 3 is 2.10 bits per heavy atom. The third kappa shape index (κ3) is 4.40. The minimum atomic E-state index is -3.02. The molecule has 0 radical (unpaired) electrons. The molecule has 9 heteroatoms. The van der Waals surface area contributed by atoms with E-state index in [2.05, 4.69) is 14.9 Å². The van der Waals surface area contributed by atoms with Gasteiger partial charge >= 0.3 is 6.61 Å². The quantitative estimate of drug-likeness (QED) is 0.679. The van der Waals surface area contributed by atoms with Crippen LogP contribution in [0.25, 0.3) is 11.3 Å². The molecule has 1 aromatic heterocycles. The molecule has 1 aliphatic heterocycles. The minimum Gasteiger partial charge on any atom is -0.434 e. The highest BCUT2D eigenvalue weighted by Gasteiger charge is 2.29. The third-order valence-corrected chi connectivity index (χ3v) is 5.12. The summed E-state index contributed by atoms with van der Waals surface area (Å²) in [6.07, 6.45) is 1.50. The molecule has 1 fully saturated rings. The van der Waals surface area contributed by atoms with Crippen LogP contribution in [0.2, 0.25) is 0 Å². The number of piperazine rings is 1. The number of carbonyl (C=O) groups is 2. The fourth-order valence-corrected chi connectivity index (χ4v) is 3.57. The normalized spacial score (nSPS) is 14.0. The van der Waals surface area contributed by atoms with Crippen molar-refractivity contribution >= 4 is 11.8 Å². The fourth-order valence-electron chi connectivity index (χ4n) is 3.57. The number of halogens is 2. The molecule has 0 aliphatic carbocycles. The summed E-state index contributed by atoms with van der Waals surface area (Å²) in [5, 5.41) is 6.89. The lowest BCUT2D eigenvalue weighted by Crippen LogP contribution is -2.50. The van der Waals surface area contributed by atoms with Crippen molar-refractivity contribution in [2.45, 2.75) is 6.61 Å². The van der Waals surface area contributed by atoms with Crippen LogP contribution in [0.5, 0.6) is 5.75 Å². The standard InChI is InChI=1S/C22H20F2N4O3/c23-22(24)31-18-9-5-4-8-16(18)20(29)27-10-12-28(13-11-27)21(30)17-14-25-26-19(17)15-6-2-1-3-7-15/h1-9,14,22H,10-13H2,(H,25,26). The number of amides is 2. The predicted octanol–water partition coefficient (Wildman–Crippen LogP) is 3.28. The molecule has 0 saturated carbocycles. The Kier molecular flexibility index (Phi) is 5.92. The van der Waals surface area contributed by atoms with Crippen molar-refractivity contribution < 1.29 is 23.1 Å². The van der Waals surface area contributed by atoms with Crippen molar-refractivity contribution in [1.82, 2.24) is 20.0 Å². The number of nitrogens with one attached hydrogen (secondary N) is 1. The summed E-state index contributed by atoms with van der Waals surface area (Å²) in [5.74, 6) is -0.746. The summed E-state index contributed by atoms with van der Waals surface area (Å²) in [6, 6.07) is 15.3. The van der Waals surface area contributed by atoms with Crippen LogP contribution >= 0.6 is 0 Å². The molecule has 0 unspecified atom stereocenters. The van der Waals surface area contributed by atoms with E-state index in [-0.39, 0.29) is 30.3 Å². The molecule has 1 aliphatic rings. The molecule has 3 aromatic rings. The van der Waals surface area contributed by atoms with E-state index in [0.717, 1.165) is 5.56 Å². The Morgan fingerprint density at radius 2 is 1.45 bits per heavy atom. The zero-order valence-corrected chi connectivity index (χ0v) is 16.5. The van der Waals surface area contributed by atoms with Crippen LogP contribution in [0.4, 0.5) is 8.78 Å². The van der Waals surface area contributed by atoms with Gasteiger partial charge in [0.2, 0.25) is 0 Å². The number of carbonyl (C=O) groups excluding carboxylic acids is 2. The van der Waals surface area contributed by atoms with Gasteiger partial charge in [0.25, 0.3) is 11.8 Å². The van der Waals surface area contributed by atoms with Gasteiger partial charge in [-0.15, -0.1) is 0 Å². The zero-order chi connectivity index (χ0) is 21.8. The van der Waals surface area contributed by atoms with Crippen LogP contribution in [0.15, 0.2) is 60.8 Å². The second-order valence-corrected chi connectivity index (χ2v) is 6.98. The van der Waals surface area contributed by atoms with Gasteiger partial charge in [-0.25, -0.2) is 0 Å². The van der Waals surface area contributed by atoms with Gasteiger partial charge in [0.1, 0.15) is 5.75 Å². The molecule has 0 bridgehead atoms. The lowest BCUT2D eigenvalue weighted by atomic mass is 10.1. The SMILES string of the molecule is O=C(c1ccccc1OC(F)F)N1CCN(C(=O)c2cn[nH]c2-c2ccccc2)CC1. The van der Waals surface area contributed by atoms with E-state index in [1.54, 1.807) is 11.0 Å². The number of aromatic nitrogens is 2. The first-order chi connectivity index (χ1) is 15.0. The number of rotatable bonds is 5. The number of ether oxygens (including phenoxy) is 1. The van der Waals surface area contributed by atoms with Gasteiger partial charge in [0.05, 0.1) is 23.0 Å². The van der Waals surface area contributed by atoms with Crippen molar-refractivity contribution in [3.8, 4) is 17.0 Å². The molecular formula is C22H20F2N4O3. The van der Waals surface area contributed by atoms with Crippen molar-refractivity contribution in [2.24, 2.45) is 0 Å². The Hall–Kier alpha value is -3.75. The third-order valence-electron chi connectivity index (χ3n) is 5.12. The molecule has 160 valence electrons. The average Bonchev–Trinajstić information content (AvgIpc) is 3.29. The van der Waals surface area contributed by atoms with E-state index in [9.17, 15) is 18.4 Å². The molecule has 1 saturated heterocycles. The number of H-pyrrole nitrogens is 1. The molecule has 31 heavy (non-hydrogen) atoms. The van der Waals surface area contributed by atoms with E-state index in [4.69, 9.17) is 0 Å². The summed E-state index contributed by atoms with van der Waals surface area (Å²) >= 11 is 0. The fraction of sp³-hybridized carbons (Fsp3) is 0.227. The lowest BCUT2D eigenvalue weighted by molar-refractivity contribution is -0.0503. The highest BCUT2D eigenvalue weighted by atomic mass is 19.3. The predicted molar refractivity (Wildman–Crippen MR) is 109 cm³/mol. The molecule has 2 amide bonds. The van der Waals surface area contributed by atoms with Crippen LogP contribution in [0.3, 0.4) is 0 Å². The summed E-state index contributed by atoms with van der Waals surface area (Å²) < 4.78 is 29.7. The molecule has 4 rings (SSSR count). The highest BCUT2D eigenvalue weighted by molar-refractivity contribution is 6.00. The lowest BCUT2D eigenvalue weighted by Gasteiger charge is -2.35. The van der Waals surface area contributed by atoms with E-state index >= 15 is 0 Å². The van der Waals surface area contributed by atoms with Gasteiger partial charge in [-0.05, 0) is 12.1 Å². The molecule has 2 aromatic carbocycles. The Labute approximate surface area is 177 Å². The maximum absolute atomic E-state index is 13.0. The molecule has 1 N–H and O–H groups in total. The van der Waals surface area contributed by atoms with Crippen LogP contribution in [-0.2, 0) is 0 Å². The van der Waals surface area contributed by atoms with E-state index in [1.165, 1.54) is 29.3 Å². The Bertz CT molecular complexity index is 1060. The van der Waals surface area contributed by atoms with Crippen molar-refractivity contribution in [3.05, 3.63) is 71.9 Å². The highest BCUT2D eigenvalue weighted by Crippen LogP contribution is 2.24. The first-order valence-electron chi connectivity index (χ1n) is 9.76. The monoisotopic (exact) mass is 426 g/mol. The number of nitrogens with zero attached hydrogens (tertiary/aromatic N) is 3. The number of hydrogen-bond acceptors (Lipinski definition) is 4. The van der Waals surface area contributed by atoms with Gasteiger partial charge < -0.3 is 14.5 Å². The first-order valence-corrected chi connectivity index (χ1v) is 9.76. The van der Waals surface area contributed by atoms with E-state index in [0.29, 0.717) is 24.3 Å². The first kappa shape index (κ1) is 20.5. The van der Waals surface area contributed by atoms with Gasteiger partial charge in [0.15, 0.2) is 0 Å². The molecular weight excluding hydrogens is 406 g/mol. The summed E-state index contributed by atoms with van der Waals surface area (Å²) in [7, 11) is 0. The maximum Gasteiger partial charge on any atom is 0.387 e. The molecule has 7 nitrogen and oxygen atoms in total. The van der Waals surface area contributed by atoms with Gasteiger partial charge in [-0.2, -0.15) is 13.9 Å². The second kappa shape index (κ2) is 8.95. The van der Waals surface area contributed by atoms with Crippen LogP contribution in [0, 0.1) is 0 Å². The summed E-state index contributed by atoms with van der Waals surface area (Å²) in [4.78, 5) is 29.1. The van der Waals surface area contributed by atoms with Crippen LogP contribution in [-0.4, -0.2) is 64.6 Å². The van der Waals surface area contributed by atoms with Crippen molar-refractivity contribution in [2.75, 3.05) is 26.2 Å².